The van der Waals surface area contributed by atoms with Gasteiger partial charge >= 0.3 is 0 Å². The maximum atomic E-state index is 14.6. The summed E-state index contributed by atoms with van der Waals surface area (Å²) in [6.45, 7) is 0. The fourth-order valence-electron chi connectivity index (χ4n) is 6.59. The van der Waals surface area contributed by atoms with Gasteiger partial charge in [0, 0.05) is 27.1 Å². The summed E-state index contributed by atoms with van der Waals surface area (Å²) in [6.07, 6.45) is 1.73. The second kappa shape index (κ2) is 8.43. The monoisotopic (exact) mass is 560 g/mol. The van der Waals surface area contributed by atoms with Crippen LogP contribution in [0.4, 0.5) is 0 Å². The number of hydrogen-bond donors (Lipinski definition) is 0. The summed E-state index contributed by atoms with van der Waals surface area (Å²) in [7, 11) is 0. The predicted octanol–water partition coefficient (Wildman–Crippen LogP) is 6.25. The molecule has 38 heavy (non-hydrogen) atoms. The van der Waals surface area contributed by atoms with Crippen molar-refractivity contribution in [2.75, 3.05) is 0 Å². The molecule has 0 saturated carbocycles. The number of benzene rings is 4. The van der Waals surface area contributed by atoms with E-state index in [1.54, 1.807) is 47.6 Å². The zero-order chi connectivity index (χ0) is 26.0. The summed E-state index contributed by atoms with van der Waals surface area (Å²) in [4.78, 5) is 43.6. The smallest absolute Gasteiger partial charge is 0.187 e. The van der Waals surface area contributed by atoms with E-state index in [4.69, 9.17) is 5.10 Å². The Balaban J connectivity index is 1.56. The van der Waals surface area contributed by atoms with E-state index in [1.807, 2.05) is 66.7 Å². The van der Waals surface area contributed by atoms with Crippen LogP contribution in [0.15, 0.2) is 113 Å². The number of rotatable bonds is 3. The third-order valence-corrected chi connectivity index (χ3v) is 8.66. The van der Waals surface area contributed by atoms with Gasteiger partial charge in [-0.3, -0.25) is 19.4 Å². The molecule has 4 aromatic rings. The third-order valence-electron chi connectivity index (χ3n) is 8.13. The van der Waals surface area contributed by atoms with E-state index in [1.165, 1.54) is 0 Å². The Hall–Kier alpha value is -4.16. The summed E-state index contributed by atoms with van der Waals surface area (Å²) < 4.78 is 0.868. The molecular weight excluding hydrogens is 540 g/mol. The maximum Gasteiger partial charge on any atom is 0.187 e. The molecule has 3 aliphatic rings. The van der Waals surface area contributed by atoms with Gasteiger partial charge in [0.1, 0.15) is 11.5 Å². The molecular formula is C32H21BrN2O3. The van der Waals surface area contributed by atoms with Gasteiger partial charge in [-0.15, -0.1) is 0 Å². The van der Waals surface area contributed by atoms with Crippen molar-refractivity contribution in [3.8, 4) is 0 Å². The second-order valence-corrected chi connectivity index (χ2v) is 10.8. The second-order valence-electron chi connectivity index (χ2n) is 9.93. The summed E-state index contributed by atoms with van der Waals surface area (Å²) in [6, 6.07) is 29.7. The molecule has 2 heterocycles. The van der Waals surface area contributed by atoms with Gasteiger partial charge in [0.25, 0.3) is 0 Å². The van der Waals surface area contributed by atoms with Crippen LogP contribution in [0, 0.1) is 5.41 Å². The van der Waals surface area contributed by atoms with E-state index < -0.39 is 23.4 Å². The van der Waals surface area contributed by atoms with E-state index >= 15 is 0 Å². The number of ketones is 3. The SMILES string of the molecule is O=C(c1ccccc1)[C@H]1[C@H](c2ccc(Br)cc2)C2(C(=O)c3ccccc3C2=O)C2c3ccccc3C=NN21. The largest absolute Gasteiger partial charge is 0.293 e. The number of hydrogen-bond acceptors (Lipinski definition) is 5. The fraction of sp³-hybridized carbons (Fsp3) is 0.125. The van der Waals surface area contributed by atoms with Crippen molar-refractivity contribution < 1.29 is 14.4 Å². The predicted molar refractivity (Wildman–Crippen MR) is 148 cm³/mol. The van der Waals surface area contributed by atoms with E-state index in [2.05, 4.69) is 15.9 Å². The number of halogens is 1. The lowest BCUT2D eigenvalue weighted by molar-refractivity contribution is 0.0586. The van der Waals surface area contributed by atoms with Gasteiger partial charge in [-0.25, -0.2) is 0 Å². The number of carbonyl (C=O) groups is 3. The molecule has 0 amide bonds. The van der Waals surface area contributed by atoms with Crippen molar-refractivity contribution in [1.29, 1.82) is 0 Å². The van der Waals surface area contributed by atoms with Crippen LogP contribution in [0.3, 0.4) is 0 Å². The van der Waals surface area contributed by atoms with E-state index in [0.717, 1.165) is 21.2 Å². The van der Waals surface area contributed by atoms with E-state index in [0.29, 0.717) is 16.7 Å². The van der Waals surface area contributed by atoms with Crippen molar-refractivity contribution in [2.45, 2.75) is 18.0 Å². The van der Waals surface area contributed by atoms with Crippen LogP contribution in [-0.2, 0) is 0 Å². The highest BCUT2D eigenvalue weighted by Gasteiger charge is 2.72. The summed E-state index contributed by atoms with van der Waals surface area (Å²) in [5.74, 6) is -1.44. The molecule has 0 radical (unpaired) electrons. The van der Waals surface area contributed by atoms with Gasteiger partial charge in [0.05, 0.1) is 12.3 Å². The Labute approximate surface area is 227 Å². The molecule has 7 rings (SSSR count). The average Bonchev–Trinajstić information content (AvgIpc) is 3.40. The maximum absolute atomic E-state index is 14.6. The van der Waals surface area contributed by atoms with E-state index in [9.17, 15) is 14.4 Å². The van der Waals surface area contributed by atoms with Crippen molar-refractivity contribution in [3.63, 3.8) is 0 Å². The molecule has 1 fully saturated rings. The van der Waals surface area contributed by atoms with Gasteiger partial charge in [0.2, 0.25) is 0 Å². The van der Waals surface area contributed by atoms with E-state index in [-0.39, 0.29) is 17.3 Å². The number of nitrogens with zero attached hydrogens (tertiary/aromatic N) is 2. The first-order chi connectivity index (χ1) is 18.5. The van der Waals surface area contributed by atoms with Gasteiger partial charge in [-0.2, -0.15) is 5.10 Å². The Bertz CT molecular complexity index is 1630. The van der Waals surface area contributed by atoms with Crippen molar-refractivity contribution in [3.05, 3.63) is 141 Å². The van der Waals surface area contributed by atoms with Crippen LogP contribution in [0.2, 0.25) is 0 Å². The van der Waals surface area contributed by atoms with Crippen molar-refractivity contribution >= 4 is 39.5 Å². The van der Waals surface area contributed by atoms with Crippen molar-refractivity contribution in [1.82, 2.24) is 5.01 Å². The van der Waals surface area contributed by atoms with Gasteiger partial charge < -0.3 is 0 Å². The molecule has 1 unspecified atom stereocenters. The summed E-state index contributed by atoms with van der Waals surface area (Å²) >= 11 is 3.50. The van der Waals surface area contributed by atoms with Gasteiger partial charge in [-0.1, -0.05) is 107 Å². The Morgan fingerprint density at radius 1 is 0.763 bits per heavy atom. The zero-order valence-electron chi connectivity index (χ0n) is 20.1. The van der Waals surface area contributed by atoms with Crippen LogP contribution < -0.4 is 0 Å². The normalized spacial score (nSPS) is 22.3. The lowest BCUT2D eigenvalue weighted by Gasteiger charge is -2.36. The highest BCUT2D eigenvalue weighted by atomic mass is 79.9. The Morgan fingerprint density at radius 2 is 1.37 bits per heavy atom. The molecule has 1 aliphatic carbocycles. The molecule has 6 heteroatoms. The molecule has 184 valence electrons. The molecule has 1 spiro atoms. The minimum Gasteiger partial charge on any atom is -0.293 e. The lowest BCUT2D eigenvalue weighted by Crippen LogP contribution is -2.43. The van der Waals surface area contributed by atoms with Crippen LogP contribution >= 0.6 is 15.9 Å². The highest BCUT2D eigenvalue weighted by molar-refractivity contribution is 9.10. The minimum absolute atomic E-state index is 0.173. The molecule has 0 N–H and O–H groups in total. The molecule has 0 aromatic heterocycles. The van der Waals surface area contributed by atoms with Gasteiger partial charge in [-0.05, 0) is 28.8 Å². The zero-order valence-corrected chi connectivity index (χ0v) is 21.7. The molecule has 4 aromatic carbocycles. The quantitative estimate of drug-likeness (QED) is 0.219. The number of hydrazone groups is 1. The fourth-order valence-corrected chi connectivity index (χ4v) is 6.86. The highest BCUT2D eigenvalue weighted by Crippen LogP contribution is 2.64. The summed E-state index contributed by atoms with van der Waals surface area (Å²) in [5.41, 5.74) is 2.17. The van der Waals surface area contributed by atoms with Crippen molar-refractivity contribution in [2.24, 2.45) is 10.5 Å². The third kappa shape index (κ3) is 2.98. The topological polar surface area (TPSA) is 66.8 Å². The molecule has 2 aliphatic heterocycles. The minimum atomic E-state index is -1.56. The standard InChI is InChI=1S/C32H21BrN2O3/c33-22-16-14-19(15-17-22)26-27(28(36)20-8-2-1-3-9-20)35-29(23-11-5-4-10-21(23)18-34-35)32(26)30(37)24-12-6-7-13-25(24)31(32)38/h1-18,26-27,29H/t26-,27+,29?/m0/s1. The lowest BCUT2D eigenvalue weighted by atomic mass is 9.63. The molecule has 0 bridgehead atoms. The first-order valence-electron chi connectivity index (χ1n) is 12.5. The van der Waals surface area contributed by atoms with Crippen LogP contribution in [0.1, 0.15) is 59.7 Å². The number of Topliss-reactive ketones (excluding diaryl/α,β-unsaturated/α-hetero) is 3. The van der Waals surface area contributed by atoms with Crippen LogP contribution in [-0.4, -0.2) is 34.6 Å². The summed E-state index contributed by atoms with van der Waals surface area (Å²) in [5, 5.41) is 6.51. The Morgan fingerprint density at radius 3 is 2.05 bits per heavy atom. The Kier molecular flexibility index (Phi) is 5.10. The first-order valence-corrected chi connectivity index (χ1v) is 13.3. The molecule has 1 saturated heterocycles. The number of fused-ring (bicyclic) bond motifs is 5. The molecule has 5 nitrogen and oxygen atoms in total. The first kappa shape index (κ1) is 23.0. The number of carbonyl (C=O) groups excluding carboxylic acids is 3. The average molecular weight is 561 g/mol. The molecule has 3 atom stereocenters. The van der Waals surface area contributed by atoms with Crippen LogP contribution in [0.5, 0.6) is 0 Å². The van der Waals surface area contributed by atoms with Crippen LogP contribution in [0.25, 0.3) is 0 Å². The van der Waals surface area contributed by atoms with Gasteiger partial charge in [0.15, 0.2) is 17.3 Å².